The van der Waals surface area contributed by atoms with Crippen LogP contribution in [0.3, 0.4) is 0 Å². The number of aromatic nitrogens is 1. The summed E-state index contributed by atoms with van der Waals surface area (Å²) in [5, 5.41) is 11.6. The lowest BCUT2D eigenvalue weighted by Crippen LogP contribution is -2.41. The highest BCUT2D eigenvalue weighted by Gasteiger charge is 2.58. The van der Waals surface area contributed by atoms with Crippen molar-refractivity contribution in [2.45, 2.75) is 51.2 Å². The minimum Gasteiger partial charge on any atom is -0.489 e. The molecule has 0 bridgehead atoms. The zero-order chi connectivity index (χ0) is 25.2. The van der Waals surface area contributed by atoms with E-state index in [9.17, 15) is 19.5 Å². The standard InChI is InChI=1S/C29H27NO6/c1-15(31)35-25-13-22-27-18(10-21-23(32)11-19(28(33)34)12-24(21)36-27)5-7-29(22,2)26(25)17-4-3-16-6-8-30-14-20(16)9-17/h3-10,14,19,22,25-27H,11-13H2,1-2H3,(H,33,34)/t19?,22-,25?,26-,27+,29-/m0/s1. The van der Waals surface area contributed by atoms with Gasteiger partial charge in [0.05, 0.1) is 11.5 Å². The van der Waals surface area contributed by atoms with Crippen LogP contribution in [0, 0.1) is 17.3 Å². The lowest BCUT2D eigenvalue weighted by molar-refractivity contribution is -0.147. The second kappa shape index (κ2) is 8.15. The molecule has 1 aromatic carbocycles. The summed E-state index contributed by atoms with van der Waals surface area (Å²) in [6.07, 6.45) is 9.76. The Morgan fingerprint density at radius 2 is 2.03 bits per heavy atom. The van der Waals surface area contributed by atoms with Gasteiger partial charge < -0.3 is 14.6 Å². The number of carbonyl (C=O) groups excluding carboxylic acids is 2. The molecule has 1 N–H and O–H groups in total. The van der Waals surface area contributed by atoms with Gasteiger partial charge in [0.2, 0.25) is 0 Å². The predicted octanol–water partition coefficient (Wildman–Crippen LogP) is 4.49. The Balaban J connectivity index is 1.41. The Kier molecular flexibility index (Phi) is 5.14. The molecule has 7 heteroatoms. The van der Waals surface area contributed by atoms with Crippen LogP contribution in [-0.4, -0.2) is 40.0 Å². The van der Waals surface area contributed by atoms with Gasteiger partial charge in [-0.05, 0) is 41.2 Å². The van der Waals surface area contributed by atoms with Crippen molar-refractivity contribution < 1.29 is 29.0 Å². The third kappa shape index (κ3) is 3.48. The molecule has 0 radical (unpaired) electrons. The highest BCUT2D eigenvalue weighted by atomic mass is 16.5. The maximum atomic E-state index is 12.7. The molecule has 1 aromatic heterocycles. The molecule has 1 fully saturated rings. The van der Waals surface area contributed by atoms with E-state index in [1.165, 1.54) is 6.92 Å². The summed E-state index contributed by atoms with van der Waals surface area (Å²) >= 11 is 0. The molecule has 0 amide bonds. The predicted molar refractivity (Wildman–Crippen MR) is 131 cm³/mol. The molecule has 2 heterocycles. The van der Waals surface area contributed by atoms with E-state index in [0.717, 1.165) is 21.9 Å². The van der Waals surface area contributed by atoms with Crippen molar-refractivity contribution in [1.29, 1.82) is 0 Å². The smallest absolute Gasteiger partial charge is 0.307 e. The fraction of sp³-hybridized carbons (Fsp3) is 0.379. The number of nitrogens with zero attached hydrogens (tertiary/aromatic N) is 1. The van der Waals surface area contributed by atoms with Crippen LogP contribution in [0.5, 0.6) is 0 Å². The number of rotatable bonds is 3. The van der Waals surface area contributed by atoms with E-state index in [2.05, 4.69) is 36.2 Å². The van der Waals surface area contributed by atoms with Gasteiger partial charge in [-0.3, -0.25) is 19.4 Å². The zero-order valence-electron chi connectivity index (χ0n) is 20.1. The number of carboxylic acid groups (broad SMARTS) is 1. The number of ketones is 1. The molecule has 7 nitrogen and oxygen atoms in total. The molecule has 4 aliphatic rings. The number of fused-ring (bicyclic) bond motifs is 4. The quantitative estimate of drug-likeness (QED) is 0.639. The van der Waals surface area contributed by atoms with Gasteiger partial charge in [-0.15, -0.1) is 0 Å². The van der Waals surface area contributed by atoms with E-state index in [0.29, 0.717) is 17.8 Å². The van der Waals surface area contributed by atoms with Crippen LogP contribution >= 0.6 is 0 Å². The van der Waals surface area contributed by atoms with Gasteiger partial charge in [0.25, 0.3) is 0 Å². The first-order valence-corrected chi connectivity index (χ1v) is 12.3. The Bertz CT molecular complexity index is 1400. The molecule has 6 rings (SSSR count). The van der Waals surface area contributed by atoms with Gasteiger partial charge in [-0.25, -0.2) is 0 Å². The summed E-state index contributed by atoms with van der Waals surface area (Å²) in [5.41, 5.74) is 2.07. The number of hydrogen-bond donors (Lipinski definition) is 1. The number of Topliss-reactive ketones (excluding diaryl/α,β-unsaturated/α-hetero) is 1. The van der Waals surface area contributed by atoms with Crippen molar-refractivity contribution in [3.8, 4) is 0 Å². The molecule has 0 saturated heterocycles. The molecule has 1 saturated carbocycles. The summed E-state index contributed by atoms with van der Waals surface area (Å²) in [5.74, 6) is -1.94. The number of carbonyl (C=O) groups is 3. The Morgan fingerprint density at radius 3 is 2.81 bits per heavy atom. The number of hydrogen-bond acceptors (Lipinski definition) is 6. The molecule has 6 atom stereocenters. The second-order valence-corrected chi connectivity index (χ2v) is 10.5. The Labute approximate surface area is 208 Å². The van der Waals surface area contributed by atoms with Crippen LogP contribution in [-0.2, 0) is 23.9 Å². The summed E-state index contributed by atoms with van der Waals surface area (Å²) in [4.78, 5) is 40.7. The SMILES string of the molecule is CC(=O)OC1C[C@H]2[C@@H]3OC4=C(C=C3C=C[C@]2(C)[C@H]1c1ccc2ccncc2c1)C(=O)CC(C(=O)O)C4. The van der Waals surface area contributed by atoms with E-state index in [1.54, 1.807) is 6.20 Å². The average molecular weight is 486 g/mol. The third-order valence-electron chi connectivity index (χ3n) is 8.39. The number of esters is 1. The van der Waals surface area contributed by atoms with Crippen LogP contribution in [0.4, 0.5) is 0 Å². The number of carboxylic acids is 1. The first kappa shape index (κ1) is 22.7. The van der Waals surface area contributed by atoms with Gasteiger partial charge in [-0.2, -0.15) is 0 Å². The maximum Gasteiger partial charge on any atom is 0.307 e. The third-order valence-corrected chi connectivity index (χ3v) is 8.39. The maximum absolute atomic E-state index is 12.7. The van der Waals surface area contributed by atoms with E-state index < -0.39 is 11.9 Å². The summed E-state index contributed by atoms with van der Waals surface area (Å²) in [6, 6.07) is 8.25. The van der Waals surface area contributed by atoms with Crippen molar-refractivity contribution in [2.75, 3.05) is 0 Å². The molecule has 2 unspecified atom stereocenters. The highest BCUT2D eigenvalue weighted by molar-refractivity contribution is 6.02. The molecule has 0 spiro atoms. The topological polar surface area (TPSA) is 103 Å². The first-order chi connectivity index (χ1) is 17.2. The van der Waals surface area contributed by atoms with E-state index >= 15 is 0 Å². The van der Waals surface area contributed by atoms with Crippen molar-refractivity contribution in [1.82, 2.24) is 4.98 Å². The number of ether oxygens (including phenoxy) is 2. The molecular weight excluding hydrogens is 458 g/mol. The van der Waals surface area contributed by atoms with Crippen LogP contribution in [0.15, 0.2) is 71.8 Å². The van der Waals surface area contributed by atoms with Crippen LogP contribution in [0.1, 0.15) is 44.6 Å². The van der Waals surface area contributed by atoms with Gasteiger partial charge in [0, 0.05) is 54.8 Å². The summed E-state index contributed by atoms with van der Waals surface area (Å²) in [7, 11) is 0. The van der Waals surface area contributed by atoms with Crippen molar-refractivity contribution in [3.05, 3.63) is 77.4 Å². The minimum absolute atomic E-state index is 0.00967. The summed E-state index contributed by atoms with van der Waals surface area (Å²) in [6.45, 7) is 3.60. The van der Waals surface area contributed by atoms with E-state index in [-0.39, 0.29) is 54.1 Å². The second-order valence-electron chi connectivity index (χ2n) is 10.5. The normalized spacial score (nSPS) is 32.8. The van der Waals surface area contributed by atoms with Gasteiger partial charge >= 0.3 is 11.9 Å². The fourth-order valence-electron chi connectivity index (χ4n) is 6.69. The van der Waals surface area contributed by atoms with Crippen LogP contribution in [0.2, 0.25) is 0 Å². The van der Waals surface area contributed by atoms with Crippen LogP contribution in [0.25, 0.3) is 10.8 Å². The molecule has 1 aliphatic heterocycles. The van der Waals surface area contributed by atoms with E-state index in [1.807, 2.05) is 24.4 Å². The van der Waals surface area contributed by atoms with Crippen molar-refractivity contribution >= 4 is 28.5 Å². The van der Waals surface area contributed by atoms with Gasteiger partial charge in [-0.1, -0.05) is 31.2 Å². The number of benzene rings is 1. The Morgan fingerprint density at radius 1 is 1.19 bits per heavy atom. The molecule has 36 heavy (non-hydrogen) atoms. The molecule has 3 aliphatic carbocycles. The van der Waals surface area contributed by atoms with Gasteiger partial charge in [0.1, 0.15) is 18.0 Å². The molecular formula is C29H27NO6. The zero-order valence-corrected chi connectivity index (χ0v) is 20.1. The number of allylic oxidation sites excluding steroid dienone is 4. The lowest BCUT2D eigenvalue weighted by Gasteiger charge is -2.44. The largest absolute Gasteiger partial charge is 0.489 e. The monoisotopic (exact) mass is 485 g/mol. The summed E-state index contributed by atoms with van der Waals surface area (Å²) < 4.78 is 12.3. The van der Waals surface area contributed by atoms with Crippen molar-refractivity contribution in [2.24, 2.45) is 17.3 Å². The Hall–Kier alpha value is -3.74. The van der Waals surface area contributed by atoms with Crippen molar-refractivity contribution in [3.63, 3.8) is 0 Å². The first-order valence-electron chi connectivity index (χ1n) is 12.3. The molecule has 184 valence electrons. The van der Waals surface area contributed by atoms with Gasteiger partial charge in [0.15, 0.2) is 5.78 Å². The minimum atomic E-state index is -0.983. The number of aliphatic carboxylic acids is 1. The fourth-order valence-corrected chi connectivity index (χ4v) is 6.69. The number of pyridine rings is 1. The molecule has 2 aromatic rings. The van der Waals surface area contributed by atoms with Crippen LogP contribution < -0.4 is 0 Å². The van der Waals surface area contributed by atoms with E-state index in [4.69, 9.17) is 9.47 Å². The highest BCUT2D eigenvalue weighted by Crippen LogP contribution is 2.60. The average Bonchev–Trinajstić information content (AvgIpc) is 3.14. The lowest BCUT2D eigenvalue weighted by atomic mass is 9.64.